The van der Waals surface area contributed by atoms with E-state index in [0.29, 0.717) is 18.0 Å². The van der Waals surface area contributed by atoms with E-state index < -0.39 is 11.7 Å². The van der Waals surface area contributed by atoms with Crippen molar-refractivity contribution in [2.45, 2.75) is 13.3 Å². The smallest absolute Gasteiger partial charge is 0.299 e. The summed E-state index contributed by atoms with van der Waals surface area (Å²) < 4.78 is 0.876. The van der Waals surface area contributed by atoms with E-state index in [-0.39, 0.29) is 0 Å². The van der Waals surface area contributed by atoms with Gasteiger partial charge in [-0.25, -0.2) is 0 Å². The summed E-state index contributed by atoms with van der Waals surface area (Å²) in [6.07, 6.45) is 0.965. The Balaban J connectivity index is 2.35. The first-order valence-corrected chi connectivity index (χ1v) is 7.71. The van der Waals surface area contributed by atoms with E-state index in [4.69, 9.17) is 0 Å². The van der Waals surface area contributed by atoms with Crippen molar-refractivity contribution in [2.24, 2.45) is 5.92 Å². The lowest BCUT2D eigenvalue weighted by Gasteiger charge is -2.21. The van der Waals surface area contributed by atoms with Gasteiger partial charge in [0.25, 0.3) is 11.7 Å². The monoisotopic (exact) mass is 373 g/mol. The highest BCUT2D eigenvalue weighted by atomic mass is 79.9. The van der Waals surface area contributed by atoms with Crippen LogP contribution in [0.25, 0.3) is 0 Å². The summed E-state index contributed by atoms with van der Waals surface area (Å²) in [5, 5.41) is 0.824. The largest absolute Gasteiger partial charge is 0.304 e. The predicted octanol–water partition coefficient (Wildman–Crippen LogP) is 3.40. The molecule has 1 heterocycles. The number of halogens is 2. The lowest BCUT2D eigenvalue weighted by molar-refractivity contribution is -0.114. The lowest BCUT2D eigenvalue weighted by Crippen LogP contribution is -2.34. The van der Waals surface area contributed by atoms with Gasteiger partial charge in [0.05, 0.1) is 11.3 Å². The normalized spacial score (nSPS) is 16.1. The molecule has 1 unspecified atom stereocenters. The molecule has 0 aliphatic carbocycles. The highest BCUT2D eigenvalue weighted by Crippen LogP contribution is 2.32. The molecule has 1 aliphatic rings. The van der Waals surface area contributed by atoms with Gasteiger partial charge in [-0.15, -0.1) is 0 Å². The molecule has 0 N–H and O–H groups in total. The van der Waals surface area contributed by atoms with Gasteiger partial charge in [0.1, 0.15) is 0 Å². The molecule has 0 fully saturated rings. The number of benzene rings is 1. The van der Waals surface area contributed by atoms with Crippen molar-refractivity contribution in [3.8, 4) is 0 Å². The SMILES string of the molecule is CCC(CBr)CN1C(=O)C(=O)c2ccc(Br)cc21. The van der Waals surface area contributed by atoms with Crippen molar-refractivity contribution in [3.05, 3.63) is 28.2 Å². The molecule has 1 aromatic carbocycles. The summed E-state index contributed by atoms with van der Waals surface area (Å²) in [6.45, 7) is 2.66. The van der Waals surface area contributed by atoms with E-state index in [1.165, 1.54) is 0 Å². The quantitative estimate of drug-likeness (QED) is 0.598. The minimum Gasteiger partial charge on any atom is -0.304 e. The second-order valence-electron chi connectivity index (χ2n) is 4.33. The van der Waals surface area contributed by atoms with Crippen molar-refractivity contribution >= 4 is 49.2 Å². The lowest BCUT2D eigenvalue weighted by atomic mass is 10.1. The summed E-state index contributed by atoms with van der Waals surface area (Å²) in [5.74, 6) is -0.462. The third kappa shape index (κ3) is 2.38. The number of anilines is 1. The van der Waals surface area contributed by atoms with Gasteiger partial charge in [0, 0.05) is 16.3 Å². The number of carbonyl (C=O) groups excluding carboxylic acids is 2. The topological polar surface area (TPSA) is 37.4 Å². The highest BCUT2D eigenvalue weighted by molar-refractivity contribution is 9.10. The second-order valence-corrected chi connectivity index (χ2v) is 5.90. The maximum Gasteiger partial charge on any atom is 0.299 e. The number of nitrogens with zero attached hydrogens (tertiary/aromatic N) is 1. The summed E-state index contributed by atoms with van der Waals surface area (Å²) in [4.78, 5) is 25.4. The molecule has 1 atom stereocenters. The van der Waals surface area contributed by atoms with Crippen LogP contribution in [0, 0.1) is 5.92 Å². The highest BCUT2D eigenvalue weighted by Gasteiger charge is 2.36. The van der Waals surface area contributed by atoms with Crippen LogP contribution in [0.4, 0.5) is 5.69 Å². The molecular formula is C13H13Br2NO2. The van der Waals surface area contributed by atoms with Gasteiger partial charge >= 0.3 is 0 Å². The molecule has 0 radical (unpaired) electrons. The Hall–Kier alpha value is -0.680. The van der Waals surface area contributed by atoms with E-state index >= 15 is 0 Å². The van der Waals surface area contributed by atoms with Crippen LogP contribution in [-0.2, 0) is 4.79 Å². The summed E-state index contributed by atoms with van der Waals surface area (Å²) in [6, 6.07) is 5.32. The fraction of sp³-hybridized carbons (Fsp3) is 0.385. The van der Waals surface area contributed by atoms with Crippen molar-refractivity contribution in [1.82, 2.24) is 0 Å². The van der Waals surface area contributed by atoms with E-state index in [1.54, 1.807) is 17.0 Å². The zero-order chi connectivity index (χ0) is 13.3. The van der Waals surface area contributed by atoms with Crippen molar-refractivity contribution in [1.29, 1.82) is 0 Å². The number of ketones is 1. The molecule has 2 rings (SSSR count). The summed E-state index contributed by atoms with van der Waals surface area (Å²) in [5.41, 5.74) is 1.23. The van der Waals surface area contributed by atoms with Crippen LogP contribution in [0.5, 0.6) is 0 Å². The Morgan fingerprint density at radius 1 is 1.33 bits per heavy atom. The predicted molar refractivity (Wildman–Crippen MR) is 78.4 cm³/mol. The zero-order valence-electron chi connectivity index (χ0n) is 9.95. The molecule has 1 amide bonds. The fourth-order valence-corrected chi connectivity index (χ4v) is 3.01. The van der Waals surface area contributed by atoms with Crippen molar-refractivity contribution in [2.75, 3.05) is 16.8 Å². The Morgan fingerprint density at radius 2 is 2.06 bits per heavy atom. The third-order valence-electron chi connectivity index (χ3n) is 3.17. The number of hydrogen-bond acceptors (Lipinski definition) is 2. The number of Topliss-reactive ketones (excluding diaryl/α,β-unsaturated/α-hetero) is 1. The van der Waals surface area contributed by atoms with Gasteiger partial charge < -0.3 is 4.90 Å². The Bertz CT molecular complexity index is 498. The Morgan fingerprint density at radius 3 is 2.67 bits per heavy atom. The van der Waals surface area contributed by atoms with Crippen molar-refractivity contribution < 1.29 is 9.59 Å². The minimum absolute atomic E-state index is 0.353. The molecule has 0 aromatic heterocycles. The average Bonchev–Trinajstić information content (AvgIpc) is 2.60. The molecule has 96 valence electrons. The van der Waals surface area contributed by atoms with Gasteiger partial charge in [-0.3, -0.25) is 9.59 Å². The van der Waals surface area contributed by atoms with Crippen LogP contribution < -0.4 is 4.90 Å². The van der Waals surface area contributed by atoms with Crippen LogP contribution in [0.3, 0.4) is 0 Å². The first kappa shape index (κ1) is 13.7. The van der Waals surface area contributed by atoms with Gasteiger partial charge in [0.15, 0.2) is 0 Å². The van der Waals surface area contributed by atoms with Crippen LogP contribution in [0.15, 0.2) is 22.7 Å². The molecular weight excluding hydrogens is 362 g/mol. The Labute approximate surface area is 123 Å². The molecule has 18 heavy (non-hydrogen) atoms. The maximum atomic E-state index is 12.0. The number of carbonyl (C=O) groups is 2. The van der Waals surface area contributed by atoms with E-state index in [9.17, 15) is 9.59 Å². The molecule has 5 heteroatoms. The van der Waals surface area contributed by atoms with Gasteiger partial charge in [-0.05, 0) is 24.1 Å². The van der Waals surface area contributed by atoms with E-state index in [0.717, 1.165) is 21.9 Å². The number of hydrogen-bond donors (Lipinski definition) is 0. The summed E-state index contributed by atoms with van der Waals surface area (Å²) in [7, 11) is 0. The van der Waals surface area contributed by atoms with Crippen LogP contribution >= 0.6 is 31.9 Å². The first-order valence-electron chi connectivity index (χ1n) is 5.80. The van der Waals surface area contributed by atoms with Crippen LogP contribution in [0.2, 0.25) is 0 Å². The molecule has 0 saturated heterocycles. The molecule has 0 spiro atoms. The second kappa shape index (κ2) is 5.53. The summed E-state index contributed by atoms with van der Waals surface area (Å²) >= 11 is 6.81. The fourth-order valence-electron chi connectivity index (χ4n) is 1.99. The molecule has 1 aromatic rings. The van der Waals surface area contributed by atoms with Gasteiger partial charge in [-0.1, -0.05) is 45.2 Å². The zero-order valence-corrected chi connectivity index (χ0v) is 13.1. The number of alkyl halides is 1. The van der Waals surface area contributed by atoms with Crippen LogP contribution in [0.1, 0.15) is 23.7 Å². The third-order valence-corrected chi connectivity index (χ3v) is 4.58. The first-order chi connectivity index (χ1) is 8.58. The van der Waals surface area contributed by atoms with E-state index in [2.05, 4.69) is 38.8 Å². The Kier molecular flexibility index (Phi) is 4.22. The molecule has 3 nitrogen and oxygen atoms in total. The minimum atomic E-state index is -0.414. The van der Waals surface area contributed by atoms with Crippen molar-refractivity contribution in [3.63, 3.8) is 0 Å². The average molecular weight is 375 g/mol. The maximum absolute atomic E-state index is 12.0. The molecule has 0 bridgehead atoms. The number of fused-ring (bicyclic) bond motifs is 1. The van der Waals surface area contributed by atoms with Crippen LogP contribution in [-0.4, -0.2) is 23.6 Å². The molecule has 1 aliphatic heterocycles. The van der Waals surface area contributed by atoms with E-state index in [1.807, 2.05) is 6.07 Å². The standard InChI is InChI=1S/C13H13Br2NO2/c1-2-8(6-14)7-16-11-5-9(15)3-4-10(11)12(17)13(16)18/h3-5,8H,2,6-7H2,1H3. The number of amides is 1. The van der Waals surface area contributed by atoms with Gasteiger partial charge in [0.2, 0.25) is 0 Å². The number of rotatable bonds is 4. The van der Waals surface area contributed by atoms with Gasteiger partial charge in [-0.2, -0.15) is 0 Å². The molecule has 0 saturated carbocycles.